The molecule has 2 unspecified atom stereocenters. The van der Waals surface area contributed by atoms with Crippen LogP contribution in [-0.4, -0.2) is 37.8 Å². The van der Waals surface area contributed by atoms with Crippen molar-refractivity contribution in [2.75, 3.05) is 20.3 Å². The van der Waals surface area contributed by atoms with Crippen LogP contribution in [0.3, 0.4) is 0 Å². The number of methoxy groups -OCH3 is 1. The van der Waals surface area contributed by atoms with Gasteiger partial charge in [0.2, 0.25) is 0 Å². The van der Waals surface area contributed by atoms with Gasteiger partial charge in [-0.3, -0.25) is 9.98 Å². The Labute approximate surface area is 129 Å². The molecule has 0 bridgehead atoms. The van der Waals surface area contributed by atoms with E-state index in [-0.39, 0.29) is 11.3 Å². The second-order valence-corrected chi connectivity index (χ2v) is 6.12. The van der Waals surface area contributed by atoms with Crippen molar-refractivity contribution in [2.45, 2.75) is 12.3 Å². The summed E-state index contributed by atoms with van der Waals surface area (Å²) >= 11 is 1.76. The molecule has 1 aromatic rings. The van der Waals surface area contributed by atoms with Crippen molar-refractivity contribution >= 4 is 29.5 Å². The van der Waals surface area contributed by atoms with Gasteiger partial charge in [-0.25, -0.2) is 0 Å². The van der Waals surface area contributed by atoms with Crippen LogP contribution in [0.1, 0.15) is 11.1 Å². The van der Waals surface area contributed by atoms with E-state index in [1.165, 1.54) is 16.7 Å². The molecule has 1 aromatic carbocycles. The van der Waals surface area contributed by atoms with Crippen LogP contribution >= 0.6 is 11.8 Å². The molecule has 0 aliphatic carbocycles. The Morgan fingerprint density at radius 3 is 2.90 bits per heavy atom. The Balaban J connectivity index is 1.87. The van der Waals surface area contributed by atoms with Crippen LogP contribution < -0.4 is 5.32 Å². The minimum absolute atomic E-state index is 0.198. The highest BCUT2D eigenvalue weighted by Gasteiger charge is 2.36. The van der Waals surface area contributed by atoms with Gasteiger partial charge in [-0.05, 0) is 23.5 Å². The van der Waals surface area contributed by atoms with Crippen LogP contribution in [0.25, 0.3) is 5.57 Å². The molecule has 1 N–H and O–H groups in total. The number of nitrogens with one attached hydrogen (secondary N) is 1. The quantitative estimate of drug-likeness (QED) is 0.870. The number of ether oxygens (including phenoxy) is 1. The average molecular weight is 301 g/mol. The van der Waals surface area contributed by atoms with Crippen LogP contribution in [0.5, 0.6) is 0 Å². The predicted molar refractivity (Wildman–Crippen MR) is 89.8 cm³/mol. The molecule has 0 radical (unpaired) electrons. The lowest BCUT2D eigenvalue weighted by molar-refractivity contribution is 0.208. The molecule has 3 rings (SSSR count). The molecular formula is C16H19N3OS. The summed E-state index contributed by atoms with van der Waals surface area (Å²) < 4.78 is 5.08. The van der Waals surface area contributed by atoms with Crippen LogP contribution in [0.2, 0.25) is 0 Å². The summed E-state index contributed by atoms with van der Waals surface area (Å²) in [4.78, 5) is 9.17. The van der Waals surface area contributed by atoms with Crippen molar-refractivity contribution < 1.29 is 4.74 Å². The second-order valence-electron chi connectivity index (χ2n) is 5.13. The Kier molecular flexibility index (Phi) is 4.41. The molecule has 0 amide bonds. The summed E-state index contributed by atoms with van der Waals surface area (Å²) in [6.45, 7) is 3.41. The lowest BCUT2D eigenvalue weighted by Crippen LogP contribution is -2.39. The highest BCUT2D eigenvalue weighted by atomic mass is 32.2. The summed E-state index contributed by atoms with van der Waals surface area (Å²) in [5.74, 6) is 1.20. The fourth-order valence-electron chi connectivity index (χ4n) is 2.51. The number of thioether (sulfide) groups is 1. The Hall–Kier alpha value is -1.59. The van der Waals surface area contributed by atoms with Gasteiger partial charge in [-0.15, -0.1) is 11.8 Å². The van der Waals surface area contributed by atoms with E-state index in [0.717, 1.165) is 5.84 Å². The Morgan fingerprint density at radius 1 is 1.33 bits per heavy atom. The number of amidine groups is 1. The second kappa shape index (κ2) is 6.45. The number of nitrogens with zero attached hydrogens (tertiary/aromatic N) is 2. The van der Waals surface area contributed by atoms with Crippen LogP contribution in [-0.2, 0) is 4.74 Å². The zero-order valence-corrected chi connectivity index (χ0v) is 13.1. The van der Waals surface area contributed by atoms with Crippen molar-refractivity contribution in [1.29, 1.82) is 0 Å². The van der Waals surface area contributed by atoms with Crippen LogP contribution in [0.4, 0.5) is 0 Å². The molecule has 0 saturated heterocycles. The van der Waals surface area contributed by atoms with Gasteiger partial charge < -0.3 is 10.1 Å². The highest BCUT2D eigenvalue weighted by molar-refractivity contribution is 8.03. The minimum atomic E-state index is 0.198. The number of aliphatic imine (C=N–C) groups is 2. The summed E-state index contributed by atoms with van der Waals surface area (Å²) in [7, 11) is 1.70. The lowest BCUT2D eigenvalue weighted by atomic mass is 9.91. The predicted octanol–water partition coefficient (Wildman–Crippen LogP) is 2.70. The summed E-state index contributed by atoms with van der Waals surface area (Å²) in [5, 5.41) is 5.63. The van der Waals surface area contributed by atoms with E-state index in [0.29, 0.717) is 13.2 Å². The molecule has 5 heteroatoms. The molecule has 2 aliphatic heterocycles. The molecule has 0 saturated carbocycles. The minimum Gasteiger partial charge on any atom is -0.383 e. The van der Waals surface area contributed by atoms with Crippen molar-refractivity contribution in [3.8, 4) is 0 Å². The molecule has 2 aliphatic rings. The molecule has 0 aromatic heterocycles. The summed E-state index contributed by atoms with van der Waals surface area (Å²) in [6, 6.07) is 8.65. The first-order valence-electron chi connectivity index (χ1n) is 7.03. The largest absolute Gasteiger partial charge is 0.383 e. The Morgan fingerprint density at radius 2 is 2.14 bits per heavy atom. The van der Waals surface area contributed by atoms with Gasteiger partial charge in [-0.1, -0.05) is 29.8 Å². The third kappa shape index (κ3) is 3.04. The van der Waals surface area contributed by atoms with E-state index in [2.05, 4.69) is 51.9 Å². The van der Waals surface area contributed by atoms with Crippen LogP contribution in [0, 0.1) is 12.8 Å². The van der Waals surface area contributed by atoms with E-state index in [1.54, 1.807) is 25.2 Å². The molecule has 4 nitrogen and oxygen atoms in total. The number of hydrogen-bond donors (Lipinski definition) is 1. The molecule has 110 valence electrons. The molecule has 2 heterocycles. The normalized spacial score (nSPS) is 25.6. The first-order chi connectivity index (χ1) is 10.3. The number of rotatable bonds is 4. The molecule has 0 fully saturated rings. The number of aryl methyl sites for hydroxylation is 1. The fourth-order valence-corrected chi connectivity index (χ4v) is 3.65. The van der Waals surface area contributed by atoms with Gasteiger partial charge >= 0.3 is 0 Å². The van der Waals surface area contributed by atoms with Crippen molar-refractivity contribution in [3.05, 3.63) is 40.8 Å². The third-order valence-electron chi connectivity index (χ3n) is 3.65. The van der Waals surface area contributed by atoms with E-state index in [9.17, 15) is 0 Å². The zero-order valence-electron chi connectivity index (χ0n) is 12.2. The first kappa shape index (κ1) is 14.4. The third-order valence-corrected chi connectivity index (χ3v) is 4.71. The van der Waals surface area contributed by atoms with Crippen molar-refractivity contribution in [3.63, 3.8) is 0 Å². The van der Waals surface area contributed by atoms with Gasteiger partial charge in [0.05, 0.1) is 25.4 Å². The van der Waals surface area contributed by atoms with Gasteiger partial charge in [-0.2, -0.15) is 0 Å². The summed E-state index contributed by atoms with van der Waals surface area (Å²) in [6.07, 6.45) is 1.76. The van der Waals surface area contributed by atoms with E-state index in [4.69, 9.17) is 4.74 Å². The smallest absolute Gasteiger partial charge is 0.115 e. The molecule has 21 heavy (non-hydrogen) atoms. The lowest BCUT2D eigenvalue weighted by Gasteiger charge is -2.25. The maximum atomic E-state index is 5.08. The topological polar surface area (TPSA) is 46.0 Å². The van der Waals surface area contributed by atoms with Gasteiger partial charge in [0.1, 0.15) is 11.2 Å². The maximum absolute atomic E-state index is 5.08. The molecular weight excluding hydrogens is 282 g/mol. The van der Waals surface area contributed by atoms with Crippen molar-refractivity contribution in [1.82, 2.24) is 5.32 Å². The van der Waals surface area contributed by atoms with E-state index < -0.39 is 0 Å². The standard InChI is InChI=1S/C16H19N3OS/c1-11-3-5-12(6-4-11)13-9-21-16-14(13)15(18-10-19-16)17-7-8-20-2/h3-6,9-10,14,16H,7-8H2,1-2H3,(H,17,18,19). The Bertz CT molecular complexity index is 592. The van der Waals surface area contributed by atoms with E-state index >= 15 is 0 Å². The number of hydrogen-bond acceptors (Lipinski definition) is 4. The van der Waals surface area contributed by atoms with Gasteiger partial charge in [0.25, 0.3) is 0 Å². The molecule has 2 atom stereocenters. The number of fused-ring (bicyclic) bond motifs is 1. The maximum Gasteiger partial charge on any atom is 0.115 e. The first-order valence-corrected chi connectivity index (χ1v) is 7.98. The van der Waals surface area contributed by atoms with E-state index in [1.807, 2.05) is 0 Å². The zero-order chi connectivity index (χ0) is 14.7. The van der Waals surface area contributed by atoms with Gasteiger partial charge in [0, 0.05) is 7.11 Å². The average Bonchev–Trinajstić information content (AvgIpc) is 2.93. The van der Waals surface area contributed by atoms with Crippen molar-refractivity contribution in [2.24, 2.45) is 15.9 Å². The SMILES string of the molecule is COCCN=C1NC=NC2SC=C(c3ccc(C)cc3)C12. The number of benzene rings is 1. The van der Waals surface area contributed by atoms with Gasteiger partial charge in [0.15, 0.2) is 0 Å². The summed E-state index contributed by atoms with van der Waals surface area (Å²) in [5.41, 5.74) is 3.82. The highest BCUT2D eigenvalue weighted by Crippen LogP contribution is 2.43. The fraction of sp³-hybridized carbons (Fsp3) is 0.375. The van der Waals surface area contributed by atoms with Crippen LogP contribution in [0.15, 0.2) is 39.7 Å². The molecule has 0 spiro atoms. The monoisotopic (exact) mass is 301 g/mol.